The van der Waals surface area contributed by atoms with Gasteiger partial charge in [0.05, 0.1) is 6.42 Å². The van der Waals surface area contributed by atoms with E-state index in [0.717, 1.165) is 0 Å². The van der Waals surface area contributed by atoms with E-state index >= 15 is 0 Å². The Morgan fingerprint density at radius 2 is 2.45 bits per heavy atom. The first-order valence-electron chi connectivity index (χ1n) is 3.20. The highest BCUT2D eigenvalue weighted by molar-refractivity contribution is 6.29. The Hall–Kier alpha value is -1.07. The number of aromatic nitrogens is 2. The highest BCUT2D eigenvalue weighted by Crippen LogP contribution is 2.01. The summed E-state index contributed by atoms with van der Waals surface area (Å²) in [5.74, 6) is 6.29. The lowest BCUT2D eigenvalue weighted by atomic mass is 10.4. The van der Waals surface area contributed by atoms with Crippen molar-refractivity contribution in [2.75, 3.05) is 0 Å². The van der Waals surface area contributed by atoms with E-state index in [9.17, 15) is 0 Å². The summed E-state index contributed by atoms with van der Waals surface area (Å²) in [5.41, 5.74) is 0. The van der Waals surface area contributed by atoms with Gasteiger partial charge in [0, 0.05) is 6.20 Å². The van der Waals surface area contributed by atoms with Crippen LogP contribution in [-0.2, 0) is 6.42 Å². The zero-order chi connectivity index (χ0) is 8.10. The largest absolute Gasteiger partial charge is 0.240 e. The van der Waals surface area contributed by atoms with Crippen LogP contribution in [0.15, 0.2) is 12.3 Å². The van der Waals surface area contributed by atoms with Gasteiger partial charge >= 0.3 is 0 Å². The molecule has 0 saturated heterocycles. The Morgan fingerprint density at radius 1 is 1.64 bits per heavy atom. The van der Waals surface area contributed by atoms with E-state index in [4.69, 9.17) is 11.6 Å². The minimum atomic E-state index is 0.466. The molecule has 56 valence electrons. The first-order valence-corrected chi connectivity index (χ1v) is 3.58. The monoisotopic (exact) mass is 166 g/mol. The fourth-order valence-electron chi connectivity index (χ4n) is 0.627. The van der Waals surface area contributed by atoms with E-state index < -0.39 is 0 Å². The molecule has 1 heterocycles. The summed E-state index contributed by atoms with van der Waals surface area (Å²) < 4.78 is 0. The van der Waals surface area contributed by atoms with Gasteiger partial charge in [-0.25, -0.2) is 9.97 Å². The fourth-order valence-corrected chi connectivity index (χ4v) is 0.781. The van der Waals surface area contributed by atoms with Crippen molar-refractivity contribution in [1.29, 1.82) is 0 Å². The Morgan fingerprint density at radius 3 is 3.09 bits per heavy atom. The molecule has 0 aliphatic heterocycles. The standard InChI is InChI=1S/C8H7ClN2/c1-2-3-4-8-10-6-5-7(9)11-8/h5-6H,4H2,1H3. The molecule has 1 aromatic rings. The van der Waals surface area contributed by atoms with Crippen LogP contribution < -0.4 is 0 Å². The molecule has 0 aliphatic rings. The maximum atomic E-state index is 5.62. The van der Waals surface area contributed by atoms with Crippen molar-refractivity contribution in [2.24, 2.45) is 0 Å². The molecule has 0 atom stereocenters. The predicted molar refractivity (Wildman–Crippen MR) is 44.2 cm³/mol. The predicted octanol–water partition coefficient (Wildman–Crippen LogP) is 1.70. The maximum absolute atomic E-state index is 5.62. The first-order chi connectivity index (χ1) is 5.33. The van der Waals surface area contributed by atoms with Gasteiger partial charge in [-0.15, -0.1) is 5.92 Å². The van der Waals surface area contributed by atoms with Crippen LogP contribution in [0.4, 0.5) is 0 Å². The summed E-state index contributed by atoms with van der Waals surface area (Å²) in [6.07, 6.45) is 2.19. The van der Waals surface area contributed by atoms with Crippen molar-refractivity contribution in [3.8, 4) is 11.8 Å². The van der Waals surface area contributed by atoms with Gasteiger partial charge in [0.15, 0.2) is 0 Å². The highest BCUT2D eigenvalue weighted by atomic mass is 35.5. The van der Waals surface area contributed by atoms with Crippen LogP contribution in [0.5, 0.6) is 0 Å². The van der Waals surface area contributed by atoms with Crippen LogP contribution >= 0.6 is 11.6 Å². The molecule has 1 aromatic heterocycles. The second-order valence-electron chi connectivity index (χ2n) is 1.90. The summed E-state index contributed by atoms with van der Waals surface area (Å²) >= 11 is 5.62. The molecule has 0 spiro atoms. The van der Waals surface area contributed by atoms with E-state index in [1.54, 1.807) is 19.2 Å². The molecular weight excluding hydrogens is 160 g/mol. The summed E-state index contributed by atoms with van der Waals surface area (Å²) in [7, 11) is 0. The number of halogens is 1. The van der Waals surface area contributed by atoms with E-state index in [1.165, 1.54) is 0 Å². The third kappa shape index (κ3) is 2.57. The van der Waals surface area contributed by atoms with Crippen molar-refractivity contribution in [1.82, 2.24) is 9.97 Å². The first kappa shape index (κ1) is 8.03. The zero-order valence-corrected chi connectivity index (χ0v) is 6.89. The molecule has 3 heteroatoms. The number of nitrogens with zero attached hydrogens (tertiary/aromatic N) is 2. The Bertz CT molecular complexity index is 298. The van der Waals surface area contributed by atoms with Gasteiger partial charge in [0.1, 0.15) is 11.0 Å². The Kier molecular flexibility index (Phi) is 2.88. The zero-order valence-electron chi connectivity index (χ0n) is 6.13. The molecule has 0 radical (unpaired) electrons. The molecule has 0 saturated carbocycles. The molecule has 0 unspecified atom stereocenters. The van der Waals surface area contributed by atoms with Gasteiger partial charge in [-0.3, -0.25) is 0 Å². The second kappa shape index (κ2) is 3.95. The lowest BCUT2D eigenvalue weighted by molar-refractivity contribution is 1.00. The van der Waals surface area contributed by atoms with Gasteiger partial charge < -0.3 is 0 Å². The molecule has 0 N–H and O–H groups in total. The van der Waals surface area contributed by atoms with Gasteiger partial charge in [0.25, 0.3) is 0 Å². The molecule has 0 aliphatic carbocycles. The van der Waals surface area contributed by atoms with Crippen LogP contribution in [0.25, 0.3) is 0 Å². The van der Waals surface area contributed by atoms with Crippen molar-refractivity contribution in [3.05, 3.63) is 23.2 Å². The summed E-state index contributed by atoms with van der Waals surface area (Å²) in [5, 5.41) is 0.466. The van der Waals surface area contributed by atoms with Crippen LogP contribution in [0.1, 0.15) is 12.7 Å². The van der Waals surface area contributed by atoms with Crippen molar-refractivity contribution < 1.29 is 0 Å². The van der Waals surface area contributed by atoms with E-state index in [1.807, 2.05) is 0 Å². The minimum Gasteiger partial charge on any atom is -0.240 e. The van der Waals surface area contributed by atoms with Crippen LogP contribution in [0, 0.1) is 11.8 Å². The topological polar surface area (TPSA) is 25.8 Å². The lowest BCUT2D eigenvalue weighted by Gasteiger charge is -1.91. The Labute approximate surface area is 70.6 Å². The van der Waals surface area contributed by atoms with E-state index in [0.29, 0.717) is 17.4 Å². The van der Waals surface area contributed by atoms with Gasteiger partial charge in [-0.1, -0.05) is 17.5 Å². The lowest BCUT2D eigenvalue weighted by Crippen LogP contribution is -1.91. The molecule has 0 amide bonds. The smallest absolute Gasteiger partial charge is 0.141 e. The van der Waals surface area contributed by atoms with E-state index in [-0.39, 0.29) is 0 Å². The van der Waals surface area contributed by atoms with Crippen LogP contribution in [0.2, 0.25) is 5.15 Å². The quantitative estimate of drug-likeness (QED) is 0.469. The minimum absolute atomic E-state index is 0.466. The van der Waals surface area contributed by atoms with Gasteiger partial charge in [-0.2, -0.15) is 0 Å². The third-order valence-electron chi connectivity index (χ3n) is 1.09. The summed E-state index contributed by atoms with van der Waals surface area (Å²) in [4.78, 5) is 7.94. The molecule has 2 nitrogen and oxygen atoms in total. The molecule has 0 fully saturated rings. The third-order valence-corrected chi connectivity index (χ3v) is 1.31. The normalized spacial score (nSPS) is 8.55. The average Bonchev–Trinajstić information content (AvgIpc) is 2.01. The van der Waals surface area contributed by atoms with Gasteiger partial charge in [0.2, 0.25) is 0 Å². The second-order valence-corrected chi connectivity index (χ2v) is 2.29. The van der Waals surface area contributed by atoms with Crippen LogP contribution in [-0.4, -0.2) is 9.97 Å². The van der Waals surface area contributed by atoms with Crippen molar-refractivity contribution in [2.45, 2.75) is 13.3 Å². The Balaban J connectivity index is 2.76. The van der Waals surface area contributed by atoms with Crippen molar-refractivity contribution in [3.63, 3.8) is 0 Å². The average molecular weight is 167 g/mol. The molecule has 0 aromatic carbocycles. The van der Waals surface area contributed by atoms with Gasteiger partial charge in [-0.05, 0) is 13.0 Å². The number of rotatable bonds is 1. The number of hydrogen-bond donors (Lipinski definition) is 0. The molecular formula is C8H7ClN2. The SMILES string of the molecule is CC#CCc1nccc(Cl)n1. The van der Waals surface area contributed by atoms with Crippen LogP contribution in [0.3, 0.4) is 0 Å². The number of hydrogen-bond acceptors (Lipinski definition) is 2. The maximum Gasteiger partial charge on any atom is 0.141 e. The highest BCUT2D eigenvalue weighted by Gasteiger charge is 1.92. The molecule has 1 rings (SSSR count). The fraction of sp³-hybridized carbons (Fsp3) is 0.250. The summed E-state index contributed by atoms with van der Waals surface area (Å²) in [6.45, 7) is 1.78. The van der Waals surface area contributed by atoms with E-state index in [2.05, 4.69) is 21.8 Å². The summed E-state index contributed by atoms with van der Waals surface area (Å²) in [6, 6.07) is 1.64. The van der Waals surface area contributed by atoms with Crippen molar-refractivity contribution >= 4 is 11.6 Å². The molecule has 0 bridgehead atoms. The molecule has 11 heavy (non-hydrogen) atoms.